The molecule has 0 bridgehead atoms. The van der Waals surface area contributed by atoms with Gasteiger partial charge in [0.15, 0.2) is 5.76 Å². The zero-order valence-corrected chi connectivity index (χ0v) is 14.0. The van der Waals surface area contributed by atoms with E-state index >= 15 is 0 Å². The fourth-order valence-electron chi connectivity index (χ4n) is 2.97. The number of likely N-dealkylation sites (tertiary alicyclic amines) is 1. The smallest absolute Gasteiger partial charge is 0.289 e. The molecule has 1 N–H and O–H groups in total. The fraction of sp³-hybridized carbons (Fsp3) is 0.421. The summed E-state index contributed by atoms with van der Waals surface area (Å²) in [6.07, 6.45) is 2.89. The van der Waals surface area contributed by atoms with Crippen LogP contribution in [0.25, 0.3) is 0 Å². The average molecular weight is 347 g/mol. The average Bonchev–Trinajstić information content (AvgIpc) is 2.97. The van der Waals surface area contributed by atoms with Crippen LogP contribution in [0.2, 0.25) is 0 Å². The van der Waals surface area contributed by atoms with Crippen molar-refractivity contribution in [2.45, 2.75) is 25.9 Å². The van der Waals surface area contributed by atoms with Gasteiger partial charge in [-0.05, 0) is 55.2 Å². The molecule has 1 atom stereocenters. The molecule has 3 rings (SSSR count). The third-order valence-electron chi connectivity index (χ3n) is 4.38. The van der Waals surface area contributed by atoms with Gasteiger partial charge >= 0.3 is 0 Å². The molecule has 1 amide bonds. The van der Waals surface area contributed by atoms with Crippen molar-refractivity contribution in [1.82, 2.24) is 4.90 Å². The van der Waals surface area contributed by atoms with Gasteiger partial charge < -0.3 is 19.2 Å². The van der Waals surface area contributed by atoms with Gasteiger partial charge in [-0.25, -0.2) is 4.39 Å². The van der Waals surface area contributed by atoms with Crippen molar-refractivity contribution in [2.24, 2.45) is 5.92 Å². The van der Waals surface area contributed by atoms with E-state index in [1.807, 2.05) is 0 Å². The van der Waals surface area contributed by atoms with Crippen LogP contribution in [0.5, 0.6) is 5.75 Å². The SMILES string of the molecule is O=C(c1ccc(COc2ccc(F)cc2)o1)N1CCCCC(CO)C1. The summed E-state index contributed by atoms with van der Waals surface area (Å²) in [6.45, 7) is 1.49. The molecule has 25 heavy (non-hydrogen) atoms. The second kappa shape index (κ2) is 8.16. The molecule has 1 aromatic carbocycles. The summed E-state index contributed by atoms with van der Waals surface area (Å²) in [5.74, 6) is 0.981. The first kappa shape index (κ1) is 17.5. The van der Waals surface area contributed by atoms with Gasteiger partial charge in [-0.15, -0.1) is 0 Å². The number of hydrogen-bond acceptors (Lipinski definition) is 4. The highest BCUT2D eigenvalue weighted by molar-refractivity contribution is 5.91. The minimum atomic E-state index is -0.322. The normalized spacial score (nSPS) is 18.0. The molecule has 6 heteroatoms. The van der Waals surface area contributed by atoms with Gasteiger partial charge in [0.05, 0.1) is 0 Å². The van der Waals surface area contributed by atoms with E-state index in [-0.39, 0.29) is 36.6 Å². The van der Waals surface area contributed by atoms with Crippen LogP contribution in [0.3, 0.4) is 0 Å². The number of nitrogens with zero attached hydrogens (tertiary/aromatic N) is 1. The molecule has 1 unspecified atom stereocenters. The lowest BCUT2D eigenvalue weighted by molar-refractivity contribution is 0.0684. The first-order valence-electron chi connectivity index (χ1n) is 8.53. The lowest BCUT2D eigenvalue weighted by atomic mass is 10.1. The highest BCUT2D eigenvalue weighted by Crippen LogP contribution is 2.20. The Hall–Kier alpha value is -2.34. The van der Waals surface area contributed by atoms with Crippen molar-refractivity contribution in [3.05, 3.63) is 53.7 Å². The molecule has 0 spiro atoms. The van der Waals surface area contributed by atoms with Crippen LogP contribution in [0, 0.1) is 11.7 Å². The molecule has 134 valence electrons. The predicted molar refractivity (Wildman–Crippen MR) is 89.8 cm³/mol. The number of hydrogen-bond donors (Lipinski definition) is 1. The van der Waals surface area contributed by atoms with Crippen molar-refractivity contribution >= 4 is 5.91 Å². The fourth-order valence-corrected chi connectivity index (χ4v) is 2.97. The zero-order chi connectivity index (χ0) is 17.6. The minimum absolute atomic E-state index is 0.0959. The Kier molecular flexibility index (Phi) is 5.71. The van der Waals surface area contributed by atoms with Crippen LogP contribution >= 0.6 is 0 Å². The maximum atomic E-state index is 12.9. The van der Waals surface area contributed by atoms with Crippen LogP contribution in [0.4, 0.5) is 4.39 Å². The Labute approximate surface area is 146 Å². The summed E-state index contributed by atoms with van der Waals surface area (Å²) in [4.78, 5) is 14.4. The summed E-state index contributed by atoms with van der Waals surface area (Å²) in [6, 6.07) is 9.07. The van der Waals surface area contributed by atoms with Gasteiger partial charge in [0.1, 0.15) is 23.9 Å². The monoisotopic (exact) mass is 347 g/mol. The van der Waals surface area contributed by atoms with E-state index in [9.17, 15) is 14.3 Å². The largest absolute Gasteiger partial charge is 0.486 e. The molecule has 1 saturated heterocycles. The first-order valence-corrected chi connectivity index (χ1v) is 8.53. The third kappa shape index (κ3) is 4.60. The molecule has 1 aliphatic heterocycles. The van der Waals surface area contributed by atoms with E-state index in [1.165, 1.54) is 24.3 Å². The lowest BCUT2D eigenvalue weighted by Gasteiger charge is -2.22. The molecular weight excluding hydrogens is 325 g/mol. The summed E-state index contributed by atoms with van der Waals surface area (Å²) < 4.78 is 24.0. The van der Waals surface area contributed by atoms with E-state index < -0.39 is 0 Å². The maximum Gasteiger partial charge on any atom is 0.289 e. The first-order chi connectivity index (χ1) is 12.2. The highest BCUT2D eigenvalue weighted by Gasteiger charge is 2.24. The van der Waals surface area contributed by atoms with Crippen molar-refractivity contribution in [1.29, 1.82) is 0 Å². The number of furan rings is 1. The van der Waals surface area contributed by atoms with Gasteiger partial charge in [-0.1, -0.05) is 6.42 Å². The van der Waals surface area contributed by atoms with Crippen molar-refractivity contribution < 1.29 is 23.4 Å². The van der Waals surface area contributed by atoms with Crippen molar-refractivity contribution in [3.8, 4) is 5.75 Å². The Balaban J connectivity index is 1.60. The number of carbonyl (C=O) groups excluding carboxylic acids is 1. The van der Waals surface area contributed by atoms with Crippen LogP contribution in [0.1, 0.15) is 35.6 Å². The Morgan fingerprint density at radius 2 is 2.04 bits per heavy atom. The summed E-state index contributed by atoms with van der Waals surface area (Å²) in [5.41, 5.74) is 0. The van der Waals surface area contributed by atoms with Gasteiger partial charge in [-0.3, -0.25) is 4.79 Å². The van der Waals surface area contributed by atoms with Crippen LogP contribution in [0.15, 0.2) is 40.8 Å². The summed E-state index contributed by atoms with van der Waals surface area (Å²) >= 11 is 0. The highest BCUT2D eigenvalue weighted by atomic mass is 19.1. The summed E-state index contributed by atoms with van der Waals surface area (Å²) in [5, 5.41) is 9.38. The molecule has 0 saturated carbocycles. The van der Waals surface area contributed by atoms with Gasteiger partial charge in [-0.2, -0.15) is 0 Å². The van der Waals surface area contributed by atoms with E-state index in [0.717, 1.165) is 19.3 Å². The Morgan fingerprint density at radius 3 is 2.80 bits per heavy atom. The molecule has 2 aromatic rings. The second-order valence-electron chi connectivity index (χ2n) is 6.30. The van der Waals surface area contributed by atoms with Crippen LogP contribution < -0.4 is 4.74 Å². The molecule has 0 aliphatic carbocycles. The van der Waals surface area contributed by atoms with E-state index in [0.29, 0.717) is 24.6 Å². The number of amides is 1. The molecule has 1 aromatic heterocycles. The topological polar surface area (TPSA) is 62.9 Å². The Bertz CT molecular complexity index is 698. The third-order valence-corrected chi connectivity index (χ3v) is 4.38. The van der Waals surface area contributed by atoms with E-state index in [4.69, 9.17) is 9.15 Å². The van der Waals surface area contributed by atoms with E-state index in [1.54, 1.807) is 17.0 Å². The number of rotatable bonds is 5. The second-order valence-corrected chi connectivity index (χ2v) is 6.30. The maximum absolute atomic E-state index is 12.9. The van der Waals surface area contributed by atoms with Crippen molar-refractivity contribution in [2.75, 3.05) is 19.7 Å². The number of ether oxygens (including phenoxy) is 1. The zero-order valence-electron chi connectivity index (χ0n) is 14.0. The molecule has 1 aliphatic rings. The number of aliphatic hydroxyl groups excluding tert-OH is 1. The molecule has 1 fully saturated rings. The van der Waals surface area contributed by atoms with Crippen molar-refractivity contribution in [3.63, 3.8) is 0 Å². The lowest BCUT2D eigenvalue weighted by Crippen LogP contribution is -2.35. The van der Waals surface area contributed by atoms with Crippen LogP contribution in [-0.4, -0.2) is 35.6 Å². The standard InChI is InChI=1S/C19H22FNO4/c20-15-4-6-16(7-5-15)24-13-17-8-9-18(25-17)19(23)21-10-2-1-3-14(11-21)12-22/h4-9,14,22H,1-3,10-13H2. The number of benzene rings is 1. The number of carbonyl (C=O) groups is 1. The van der Waals surface area contributed by atoms with Gasteiger partial charge in [0.25, 0.3) is 5.91 Å². The van der Waals surface area contributed by atoms with Crippen LogP contribution in [-0.2, 0) is 6.61 Å². The molecular formula is C19H22FNO4. The predicted octanol–water partition coefficient (Wildman–Crippen LogP) is 3.23. The van der Waals surface area contributed by atoms with Gasteiger partial charge in [0.2, 0.25) is 0 Å². The quantitative estimate of drug-likeness (QED) is 0.902. The van der Waals surface area contributed by atoms with Gasteiger partial charge in [0, 0.05) is 19.7 Å². The minimum Gasteiger partial charge on any atom is -0.486 e. The molecule has 5 nitrogen and oxygen atoms in total. The Morgan fingerprint density at radius 1 is 1.24 bits per heavy atom. The molecule has 0 radical (unpaired) electrons. The summed E-state index contributed by atoms with van der Waals surface area (Å²) in [7, 11) is 0. The number of aliphatic hydroxyl groups is 1. The van der Waals surface area contributed by atoms with E-state index in [2.05, 4.69) is 0 Å². The number of halogens is 1. The molecule has 2 heterocycles.